The van der Waals surface area contributed by atoms with Crippen molar-refractivity contribution in [3.05, 3.63) is 90.0 Å². The van der Waals surface area contributed by atoms with E-state index in [1.54, 1.807) is 0 Å². The highest BCUT2D eigenvalue weighted by atomic mass is 32.1. The maximum atomic E-state index is 13.0. The molecule has 4 aromatic carbocycles. The molecule has 2 heterocycles. The van der Waals surface area contributed by atoms with Gasteiger partial charge in [-0.2, -0.15) is 0 Å². The Labute approximate surface area is 206 Å². The summed E-state index contributed by atoms with van der Waals surface area (Å²) in [5, 5.41) is 5.88. The summed E-state index contributed by atoms with van der Waals surface area (Å²) in [7, 11) is 0. The number of nitrogens with one attached hydrogen (secondary N) is 1. The van der Waals surface area contributed by atoms with Crippen LogP contribution in [0, 0.1) is 0 Å². The van der Waals surface area contributed by atoms with Gasteiger partial charge in [-0.05, 0) is 60.2 Å². The molecule has 1 aromatic heterocycles. The molecule has 0 atom stereocenters. The molecule has 174 valence electrons. The van der Waals surface area contributed by atoms with E-state index in [0.717, 1.165) is 33.0 Å². The maximum absolute atomic E-state index is 13.0. The third-order valence-corrected chi connectivity index (χ3v) is 7.02. The fourth-order valence-corrected chi connectivity index (χ4v) is 5.28. The van der Waals surface area contributed by atoms with E-state index in [1.807, 2.05) is 67.6 Å². The van der Waals surface area contributed by atoms with Crippen LogP contribution in [0.15, 0.2) is 78.9 Å². The number of anilines is 2. The lowest BCUT2D eigenvalue weighted by molar-refractivity contribution is 0.102. The molecule has 0 saturated carbocycles. The van der Waals surface area contributed by atoms with Gasteiger partial charge in [0.15, 0.2) is 11.9 Å². The number of ether oxygens (including phenoxy) is 2. The lowest BCUT2D eigenvalue weighted by Crippen LogP contribution is -2.32. The number of rotatable bonds is 5. The predicted octanol–water partition coefficient (Wildman–Crippen LogP) is 6.46. The first kappa shape index (κ1) is 21.4. The second-order valence-electron chi connectivity index (χ2n) is 8.32. The first-order valence-corrected chi connectivity index (χ1v) is 12.3. The Hall–Kier alpha value is -4.10. The Kier molecular flexibility index (Phi) is 5.47. The summed E-state index contributed by atoms with van der Waals surface area (Å²) in [4.78, 5) is 19.7. The average Bonchev–Trinajstić information content (AvgIpc) is 3.30. The van der Waals surface area contributed by atoms with Crippen molar-refractivity contribution in [2.75, 3.05) is 23.6 Å². The van der Waals surface area contributed by atoms with Crippen LogP contribution in [-0.4, -0.2) is 24.2 Å². The Morgan fingerprint density at radius 3 is 2.91 bits per heavy atom. The lowest BCUT2D eigenvalue weighted by Gasteiger charge is -2.31. The monoisotopic (exact) mass is 481 g/mol. The zero-order chi connectivity index (χ0) is 23.8. The van der Waals surface area contributed by atoms with Crippen LogP contribution in [-0.2, 0) is 6.54 Å². The van der Waals surface area contributed by atoms with Crippen molar-refractivity contribution in [1.82, 2.24) is 4.98 Å². The number of fused-ring (bicyclic) bond motifs is 4. The van der Waals surface area contributed by atoms with Gasteiger partial charge in [0, 0.05) is 16.8 Å². The predicted molar refractivity (Wildman–Crippen MR) is 141 cm³/mol. The van der Waals surface area contributed by atoms with Gasteiger partial charge in [0.25, 0.3) is 5.91 Å². The van der Waals surface area contributed by atoms with Gasteiger partial charge in [-0.3, -0.25) is 10.1 Å². The Bertz CT molecular complexity index is 1560. The van der Waals surface area contributed by atoms with Crippen molar-refractivity contribution in [1.29, 1.82) is 0 Å². The minimum Gasteiger partial charge on any atom is -0.494 e. The van der Waals surface area contributed by atoms with E-state index in [1.165, 1.54) is 22.1 Å². The third-order valence-electron chi connectivity index (χ3n) is 6.09. The first-order chi connectivity index (χ1) is 17.2. The molecule has 7 heteroatoms. The van der Waals surface area contributed by atoms with Crippen LogP contribution in [0.25, 0.3) is 21.0 Å². The number of amides is 1. The van der Waals surface area contributed by atoms with Crippen LogP contribution in [0.2, 0.25) is 0 Å². The van der Waals surface area contributed by atoms with E-state index in [2.05, 4.69) is 33.4 Å². The number of hydrogen-bond acceptors (Lipinski definition) is 6. The number of aromatic nitrogens is 1. The third kappa shape index (κ3) is 4.15. The number of carbonyl (C=O) groups is 1. The molecule has 1 amide bonds. The second kappa shape index (κ2) is 8.92. The van der Waals surface area contributed by atoms with Crippen molar-refractivity contribution in [2.24, 2.45) is 0 Å². The van der Waals surface area contributed by atoms with Crippen molar-refractivity contribution in [3.8, 4) is 11.5 Å². The second-order valence-corrected chi connectivity index (χ2v) is 9.35. The van der Waals surface area contributed by atoms with Gasteiger partial charge in [0.05, 0.1) is 23.4 Å². The standard InChI is InChI=1S/C28H23N3O3S/c1-2-33-21-11-12-24-26(15-21)35-28(29-24)30-27(32)19-7-5-8-20(14-19)31-16-23-22-9-4-3-6-18(22)10-13-25(23)34-17-31/h3-15H,2,16-17H2,1H3,(H,29,30,32). The van der Waals surface area contributed by atoms with E-state index in [9.17, 15) is 4.79 Å². The molecule has 0 fully saturated rings. The summed E-state index contributed by atoms with van der Waals surface area (Å²) >= 11 is 1.43. The highest BCUT2D eigenvalue weighted by Crippen LogP contribution is 2.34. The zero-order valence-electron chi connectivity index (χ0n) is 19.2. The van der Waals surface area contributed by atoms with Gasteiger partial charge in [-0.15, -0.1) is 0 Å². The van der Waals surface area contributed by atoms with E-state index in [-0.39, 0.29) is 5.91 Å². The number of carbonyl (C=O) groups excluding carboxylic acids is 1. The van der Waals surface area contributed by atoms with Crippen LogP contribution >= 0.6 is 11.3 Å². The zero-order valence-corrected chi connectivity index (χ0v) is 20.0. The number of thiazole rings is 1. The van der Waals surface area contributed by atoms with Crippen LogP contribution in [0.4, 0.5) is 10.8 Å². The fourth-order valence-electron chi connectivity index (χ4n) is 4.39. The van der Waals surface area contributed by atoms with Gasteiger partial charge in [-0.1, -0.05) is 47.7 Å². The van der Waals surface area contributed by atoms with Gasteiger partial charge in [0.2, 0.25) is 0 Å². The molecule has 0 unspecified atom stereocenters. The topological polar surface area (TPSA) is 63.7 Å². The highest BCUT2D eigenvalue weighted by molar-refractivity contribution is 7.22. The Morgan fingerprint density at radius 2 is 2.00 bits per heavy atom. The minimum absolute atomic E-state index is 0.195. The maximum Gasteiger partial charge on any atom is 0.257 e. The van der Waals surface area contributed by atoms with Crippen molar-refractivity contribution in [2.45, 2.75) is 13.5 Å². The lowest BCUT2D eigenvalue weighted by atomic mass is 10.0. The fraction of sp³-hybridized carbons (Fsp3) is 0.143. The SMILES string of the molecule is CCOc1ccc2nc(NC(=O)c3cccc(N4COc5ccc6ccccc6c5C4)c3)sc2c1. The molecule has 0 bridgehead atoms. The molecule has 0 spiro atoms. The summed E-state index contributed by atoms with van der Waals surface area (Å²) < 4.78 is 12.6. The molecule has 1 aliphatic heterocycles. The molecule has 6 rings (SSSR count). The van der Waals surface area contributed by atoms with E-state index < -0.39 is 0 Å². The highest BCUT2D eigenvalue weighted by Gasteiger charge is 2.21. The summed E-state index contributed by atoms with van der Waals surface area (Å²) in [5.74, 6) is 1.52. The number of hydrogen-bond donors (Lipinski definition) is 1. The minimum atomic E-state index is -0.195. The van der Waals surface area contributed by atoms with Crippen molar-refractivity contribution < 1.29 is 14.3 Å². The molecule has 0 aliphatic carbocycles. The Balaban J connectivity index is 1.23. The quantitative estimate of drug-likeness (QED) is 0.312. The van der Waals surface area contributed by atoms with E-state index >= 15 is 0 Å². The molecule has 5 aromatic rings. The molecule has 1 aliphatic rings. The van der Waals surface area contributed by atoms with Gasteiger partial charge >= 0.3 is 0 Å². The normalized spacial score (nSPS) is 12.9. The van der Waals surface area contributed by atoms with Crippen LogP contribution in [0.3, 0.4) is 0 Å². The molecule has 0 saturated heterocycles. The van der Waals surface area contributed by atoms with Gasteiger partial charge in [0.1, 0.15) is 11.5 Å². The average molecular weight is 482 g/mol. The molecule has 35 heavy (non-hydrogen) atoms. The Morgan fingerprint density at radius 1 is 1.09 bits per heavy atom. The van der Waals surface area contributed by atoms with Crippen LogP contribution < -0.4 is 19.7 Å². The summed E-state index contributed by atoms with van der Waals surface area (Å²) in [6.45, 7) is 3.69. The number of benzene rings is 4. The first-order valence-electron chi connectivity index (χ1n) is 11.5. The molecule has 6 nitrogen and oxygen atoms in total. The summed E-state index contributed by atoms with van der Waals surface area (Å²) in [5.41, 5.74) is 3.49. The molecule has 1 N–H and O–H groups in total. The van der Waals surface area contributed by atoms with Crippen molar-refractivity contribution in [3.63, 3.8) is 0 Å². The largest absolute Gasteiger partial charge is 0.494 e. The molecular formula is C28H23N3O3S. The number of nitrogens with zero attached hydrogens (tertiary/aromatic N) is 2. The van der Waals surface area contributed by atoms with Crippen LogP contribution in [0.5, 0.6) is 11.5 Å². The van der Waals surface area contributed by atoms with Gasteiger partial charge < -0.3 is 14.4 Å². The molecule has 0 radical (unpaired) electrons. The van der Waals surface area contributed by atoms with Crippen molar-refractivity contribution >= 4 is 49.1 Å². The smallest absolute Gasteiger partial charge is 0.257 e. The molecular weight excluding hydrogens is 458 g/mol. The summed E-state index contributed by atoms with van der Waals surface area (Å²) in [6, 6.07) is 25.8. The van der Waals surface area contributed by atoms with Crippen LogP contribution in [0.1, 0.15) is 22.8 Å². The van der Waals surface area contributed by atoms with E-state index in [4.69, 9.17) is 9.47 Å². The summed E-state index contributed by atoms with van der Waals surface area (Å²) in [6.07, 6.45) is 0. The van der Waals surface area contributed by atoms with Gasteiger partial charge in [-0.25, -0.2) is 4.98 Å². The van der Waals surface area contributed by atoms with E-state index in [0.29, 0.717) is 30.6 Å².